The fourth-order valence-electron chi connectivity index (χ4n) is 2.96. The zero-order valence-electron chi connectivity index (χ0n) is 12.6. The lowest BCUT2D eigenvalue weighted by Gasteiger charge is -2.16. The number of Topliss-reactive ketones (excluding diaryl/α,β-unsaturated/α-hetero) is 1. The van der Waals surface area contributed by atoms with Gasteiger partial charge in [-0.25, -0.2) is 0 Å². The highest BCUT2D eigenvalue weighted by atomic mass is 16.3. The summed E-state index contributed by atoms with van der Waals surface area (Å²) in [7, 11) is 0. The Morgan fingerprint density at radius 1 is 1.04 bits per heavy atom. The van der Waals surface area contributed by atoms with Crippen molar-refractivity contribution in [2.75, 3.05) is 5.43 Å². The number of nitrogens with one attached hydrogen (secondary N) is 1. The number of carbonyl (C=O) groups excluding carboxylic acids is 1. The van der Waals surface area contributed by atoms with Crippen molar-refractivity contribution in [3.63, 3.8) is 0 Å². The number of allylic oxidation sites excluding steroid dienone is 2. The molecular formula is C19H14N2O3. The lowest BCUT2D eigenvalue weighted by molar-refractivity contribution is 0.104. The number of aliphatic hydroxyl groups excluding tert-OH is 1. The Bertz CT molecular complexity index is 927. The summed E-state index contributed by atoms with van der Waals surface area (Å²) in [6.07, 6.45) is 2.36. The first kappa shape index (κ1) is 14.4. The normalized spacial score (nSPS) is 20.3. The molecule has 0 aromatic heterocycles. The number of anilines is 1. The Balaban J connectivity index is 1.77. The van der Waals surface area contributed by atoms with E-state index in [4.69, 9.17) is 0 Å². The zero-order chi connectivity index (χ0) is 16.7. The van der Waals surface area contributed by atoms with Crippen LogP contribution in [0.4, 0.5) is 5.69 Å². The molecule has 0 fully saturated rings. The van der Waals surface area contributed by atoms with Crippen LogP contribution in [0, 0.1) is 0 Å². The monoisotopic (exact) mass is 318 g/mol. The molecule has 2 aliphatic rings. The van der Waals surface area contributed by atoms with Gasteiger partial charge >= 0.3 is 0 Å². The van der Waals surface area contributed by atoms with Gasteiger partial charge in [-0.15, -0.1) is 0 Å². The standard InChI is InChI=1S/C19H14N2O3/c22-12-6-7-13-14-8-9-16(23)18(17(14)19(24)15(13)10-12)21-20-11-4-2-1-3-5-11/h1-10,16,20,22-23H. The average Bonchev–Trinajstić information content (AvgIpc) is 2.87. The summed E-state index contributed by atoms with van der Waals surface area (Å²) in [5, 5.41) is 24.1. The minimum atomic E-state index is -0.966. The van der Waals surface area contributed by atoms with Crippen molar-refractivity contribution in [1.29, 1.82) is 0 Å². The number of rotatable bonds is 2. The fourth-order valence-corrected chi connectivity index (χ4v) is 2.96. The number of fused-ring (bicyclic) bond motifs is 2. The van der Waals surface area contributed by atoms with Crippen LogP contribution >= 0.6 is 0 Å². The molecule has 1 unspecified atom stereocenters. The van der Waals surface area contributed by atoms with Gasteiger partial charge in [0.1, 0.15) is 17.6 Å². The van der Waals surface area contributed by atoms with E-state index in [-0.39, 0.29) is 17.2 Å². The zero-order valence-corrected chi connectivity index (χ0v) is 12.6. The minimum Gasteiger partial charge on any atom is -0.508 e. The number of phenolic OH excluding ortho intramolecular Hbond substituents is 1. The Morgan fingerprint density at radius 3 is 2.62 bits per heavy atom. The Morgan fingerprint density at radius 2 is 1.83 bits per heavy atom. The maximum Gasteiger partial charge on any atom is 0.196 e. The smallest absolute Gasteiger partial charge is 0.196 e. The van der Waals surface area contributed by atoms with Crippen LogP contribution in [0.1, 0.15) is 15.9 Å². The molecule has 2 aromatic rings. The summed E-state index contributed by atoms with van der Waals surface area (Å²) in [5.41, 5.74) is 6.16. The SMILES string of the molecule is O=C1C2=C(C=CC(O)C2=NNc2ccccc2)c2ccc(O)cc21. The van der Waals surface area contributed by atoms with Gasteiger partial charge in [-0.3, -0.25) is 10.2 Å². The van der Waals surface area contributed by atoms with Crippen molar-refractivity contribution in [3.05, 3.63) is 77.4 Å². The van der Waals surface area contributed by atoms with Gasteiger partial charge in [-0.05, 0) is 47.5 Å². The molecule has 1 atom stereocenters. The first-order valence-electron chi connectivity index (χ1n) is 7.53. The number of hydrogen-bond acceptors (Lipinski definition) is 5. The first-order chi connectivity index (χ1) is 11.6. The van der Waals surface area contributed by atoms with Crippen molar-refractivity contribution in [2.24, 2.45) is 5.10 Å². The molecular weight excluding hydrogens is 304 g/mol. The summed E-state index contributed by atoms with van der Waals surface area (Å²) in [6.45, 7) is 0. The fraction of sp³-hybridized carbons (Fsp3) is 0.0526. The molecule has 118 valence electrons. The molecule has 0 heterocycles. The number of aromatic hydroxyl groups is 1. The number of aliphatic hydroxyl groups is 1. The van der Waals surface area contributed by atoms with E-state index in [1.807, 2.05) is 30.3 Å². The van der Waals surface area contributed by atoms with Gasteiger partial charge in [0.2, 0.25) is 0 Å². The molecule has 3 N–H and O–H groups in total. The van der Waals surface area contributed by atoms with Gasteiger partial charge in [0.15, 0.2) is 5.78 Å². The van der Waals surface area contributed by atoms with Gasteiger partial charge in [0.25, 0.3) is 0 Å². The number of phenols is 1. The number of ketones is 1. The summed E-state index contributed by atoms with van der Waals surface area (Å²) in [5.74, 6) is -0.208. The Labute approximate surface area is 138 Å². The van der Waals surface area contributed by atoms with Crippen LogP contribution in [0.15, 0.2) is 71.4 Å². The number of carbonyl (C=O) groups is 1. The van der Waals surface area contributed by atoms with Gasteiger partial charge in [-0.2, -0.15) is 5.10 Å². The number of benzene rings is 2. The molecule has 5 nitrogen and oxygen atoms in total. The van der Waals surface area contributed by atoms with E-state index in [1.165, 1.54) is 6.07 Å². The second-order valence-electron chi connectivity index (χ2n) is 5.63. The number of nitrogens with zero attached hydrogens (tertiary/aromatic N) is 1. The molecule has 24 heavy (non-hydrogen) atoms. The third-order valence-corrected chi connectivity index (χ3v) is 4.10. The van der Waals surface area contributed by atoms with E-state index in [1.54, 1.807) is 24.3 Å². The third-order valence-electron chi connectivity index (χ3n) is 4.10. The summed E-state index contributed by atoms with van der Waals surface area (Å²) < 4.78 is 0. The topological polar surface area (TPSA) is 81.9 Å². The van der Waals surface area contributed by atoms with Gasteiger partial charge in [-0.1, -0.05) is 24.3 Å². The van der Waals surface area contributed by atoms with Crippen LogP contribution in [0.5, 0.6) is 5.75 Å². The predicted molar refractivity (Wildman–Crippen MR) is 92.0 cm³/mol. The van der Waals surface area contributed by atoms with Crippen molar-refractivity contribution in [1.82, 2.24) is 0 Å². The second-order valence-corrected chi connectivity index (χ2v) is 5.63. The van der Waals surface area contributed by atoms with E-state index in [9.17, 15) is 15.0 Å². The average molecular weight is 318 g/mol. The van der Waals surface area contributed by atoms with Crippen LogP contribution in [-0.4, -0.2) is 27.8 Å². The lowest BCUT2D eigenvalue weighted by Crippen LogP contribution is -2.27. The maximum atomic E-state index is 12.7. The largest absolute Gasteiger partial charge is 0.508 e. The maximum absolute atomic E-state index is 12.7. The highest BCUT2D eigenvalue weighted by Gasteiger charge is 2.36. The molecule has 0 radical (unpaired) electrons. The van der Waals surface area contributed by atoms with Crippen LogP contribution in [-0.2, 0) is 0 Å². The second kappa shape index (κ2) is 5.47. The molecule has 2 aromatic carbocycles. The van der Waals surface area contributed by atoms with Crippen molar-refractivity contribution < 1.29 is 15.0 Å². The van der Waals surface area contributed by atoms with E-state index in [2.05, 4.69) is 10.5 Å². The third kappa shape index (κ3) is 2.23. The van der Waals surface area contributed by atoms with Crippen LogP contribution < -0.4 is 5.43 Å². The molecule has 0 bridgehead atoms. The molecule has 0 aliphatic heterocycles. The van der Waals surface area contributed by atoms with E-state index in [0.29, 0.717) is 16.7 Å². The number of para-hydroxylation sites is 1. The molecule has 0 saturated heterocycles. The summed E-state index contributed by atoms with van der Waals surface area (Å²) in [6, 6.07) is 14.0. The first-order valence-corrected chi connectivity index (χ1v) is 7.53. The van der Waals surface area contributed by atoms with Crippen LogP contribution in [0.2, 0.25) is 0 Å². The number of hydrogen-bond donors (Lipinski definition) is 3. The predicted octanol–water partition coefficient (Wildman–Crippen LogP) is 2.74. The van der Waals surface area contributed by atoms with Crippen molar-refractivity contribution >= 4 is 22.8 Å². The number of hydrazone groups is 1. The summed E-state index contributed by atoms with van der Waals surface area (Å²) >= 11 is 0. The molecule has 0 saturated carbocycles. The highest BCUT2D eigenvalue weighted by Crippen LogP contribution is 2.38. The Kier molecular flexibility index (Phi) is 3.29. The summed E-state index contributed by atoms with van der Waals surface area (Å²) in [4.78, 5) is 12.7. The Hall–Kier alpha value is -3.18. The van der Waals surface area contributed by atoms with Crippen molar-refractivity contribution in [2.45, 2.75) is 6.10 Å². The van der Waals surface area contributed by atoms with Gasteiger partial charge < -0.3 is 10.2 Å². The van der Waals surface area contributed by atoms with Gasteiger partial charge in [0.05, 0.1) is 11.3 Å². The molecule has 2 aliphatic carbocycles. The van der Waals surface area contributed by atoms with Crippen LogP contribution in [0.3, 0.4) is 0 Å². The molecule has 5 heteroatoms. The minimum absolute atomic E-state index is 0.0346. The molecule has 0 spiro atoms. The molecule has 4 rings (SSSR count). The van der Waals surface area contributed by atoms with E-state index >= 15 is 0 Å². The van der Waals surface area contributed by atoms with E-state index < -0.39 is 6.10 Å². The highest BCUT2D eigenvalue weighted by molar-refractivity contribution is 6.39. The van der Waals surface area contributed by atoms with Crippen molar-refractivity contribution in [3.8, 4) is 5.75 Å². The van der Waals surface area contributed by atoms with E-state index in [0.717, 1.165) is 11.3 Å². The van der Waals surface area contributed by atoms with Gasteiger partial charge in [0, 0.05) is 5.56 Å². The van der Waals surface area contributed by atoms with Crippen LogP contribution in [0.25, 0.3) is 5.57 Å². The lowest BCUT2D eigenvalue weighted by atomic mass is 9.94. The molecule has 0 amide bonds. The quantitative estimate of drug-likeness (QED) is 0.744.